The summed E-state index contributed by atoms with van der Waals surface area (Å²) in [5.41, 5.74) is 0.787. The first-order chi connectivity index (χ1) is 7.65. The van der Waals surface area contributed by atoms with Gasteiger partial charge in [-0.3, -0.25) is 14.9 Å². The number of amides is 2. The second-order valence-corrected chi connectivity index (χ2v) is 3.98. The summed E-state index contributed by atoms with van der Waals surface area (Å²) in [6, 6.07) is 6.20. The number of piperidine rings is 1. The third kappa shape index (κ3) is 2.45. The quantitative estimate of drug-likeness (QED) is 0.768. The monoisotopic (exact) mass is 221 g/mol. The van der Waals surface area contributed by atoms with Crippen LogP contribution in [0.1, 0.15) is 18.4 Å². The smallest absolute Gasteiger partial charge is 0.230 e. The molecular formula is C12H12FNO2. The molecular weight excluding hydrogens is 209 g/mol. The molecule has 1 atom stereocenters. The van der Waals surface area contributed by atoms with E-state index in [-0.39, 0.29) is 23.5 Å². The van der Waals surface area contributed by atoms with Gasteiger partial charge in [0.25, 0.3) is 0 Å². The predicted molar refractivity (Wildman–Crippen MR) is 56.0 cm³/mol. The molecule has 2 rings (SSSR count). The maximum Gasteiger partial charge on any atom is 0.230 e. The van der Waals surface area contributed by atoms with Crippen molar-refractivity contribution in [3.8, 4) is 0 Å². The first kappa shape index (κ1) is 10.8. The lowest BCUT2D eigenvalue weighted by Crippen LogP contribution is -2.41. The van der Waals surface area contributed by atoms with E-state index in [0.717, 1.165) is 5.56 Å². The summed E-state index contributed by atoms with van der Waals surface area (Å²) in [4.78, 5) is 22.4. The minimum atomic E-state index is -0.301. The Bertz CT molecular complexity index is 431. The maximum atomic E-state index is 12.9. The number of nitrogens with one attached hydrogen (secondary N) is 1. The highest BCUT2D eigenvalue weighted by Gasteiger charge is 2.26. The van der Waals surface area contributed by atoms with E-state index >= 15 is 0 Å². The lowest BCUT2D eigenvalue weighted by atomic mass is 9.91. The first-order valence-corrected chi connectivity index (χ1v) is 5.23. The number of halogens is 1. The molecule has 1 N–H and O–H groups in total. The van der Waals surface area contributed by atoms with Gasteiger partial charge < -0.3 is 0 Å². The number of benzene rings is 1. The van der Waals surface area contributed by atoms with Crippen molar-refractivity contribution in [3.05, 3.63) is 35.6 Å². The molecule has 1 unspecified atom stereocenters. The Hall–Kier alpha value is -1.71. The molecule has 1 aromatic carbocycles. The highest BCUT2D eigenvalue weighted by atomic mass is 19.1. The Morgan fingerprint density at radius 1 is 1.38 bits per heavy atom. The van der Waals surface area contributed by atoms with Crippen molar-refractivity contribution in [1.29, 1.82) is 0 Å². The van der Waals surface area contributed by atoms with E-state index in [1.807, 2.05) is 0 Å². The van der Waals surface area contributed by atoms with Crippen molar-refractivity contribution in [1.82, 2.24) is 5.32 Å². The SMILES string of the molecule is O=C1CCC(Cc2cccc(F)c2)C(=O)N1. The van der Waals surface area contributed by atoms with Crippen molar-refractivity contribution in [2.24, 2.45) is 5.92 Å². The molecule has 1 heterocycles. The summed E-state index contributed by atoms with van der Waals surface area (Å²) >= 11 is 0. The van der Waals surface area contributed by atoms with Gasteiger partial charge in [0.15, 0.2) is 0 Å². The maximum absolute atomic E-state index is 12.9. The van der Waals surface area contributed by atoms with Crippen LogP contribution in [0, 0.1) is 11.7 Å². The molecule has 1 fully saturated rings. The number of imide groups is 1. The van der Waals surface area contributed by atoms with E-state index in [1.165, 1.54) is 12.1 Å². The molecule has 0 aromatic heterocycles. The Morgan fingerprint density at radius 2 is 2.19 bits per heavy atom. The predicted octanol–water partition coefficient (Wildman–Crippen LogP) is 1.42. The second kappa shape index (κ2) is 4.43. The standard InChI is InChI=1S/C12H12FNO2/c13-10-3-1-2-8(7-10)6-9-4-5-11(15)14-12(9)16/h1-3,7,9H,4-6H2,(H,14,15,16). The summed E-state index contributed by atoms with van der Waals surface area (Å²) < 4.78 is 12.9. The topological polar surface area (TPSA) is 46.2 Å². The van der Waals surface area contributed by atoms with Gasteiger partial charge >= 0.3 is 0 Å². The normalized spacial score (nSPS) is 20.7. The van der Waals surface area contributed by atoms with E-state index in [9.17, 15) is 14.0 Å². The van der Waals surface area contributed by atoms with Crippen LogP contribution in [-0.4, -0.2) is 11.8 Å². The summed E-state index contributed by atoms with van der Waals surface area (Å²) in [7, 11) is 0. The third-order valence-corrected chi connectivity index (χ3v) is 2.72. The van der Waals surface area contributed by atoms with Crippen LogP contribution in [-0.2, 0) is 16.0 Å². The largest absolute Gasteiger partial charge is 0.296 e. The molecule has 3 nitrogen and oxygen atoms in total. The van der Waals surface area contributed by atoms with Gasteiger partial charge in [-0.1, -0.05) is 12.1 Å². The Morgan fingerprint density at radius 3 is 2.88 bits per heavy atom. The molecule has 16 heavy (non-hydrogen) atoms. The van der Waals surface area contributed by atoms with Gasteiger partial charge in [-0.15, -0.1) is 0 Å². The molecule has 0 spiro atoms. The molecule has 0 aliphatic carbocycles. The van der Waals surface area contributed by atoms with Crippen molar-refractivity contribution >= 4 is 11.8 Å². The van der Waals surface area contributed by atoms with Gasteiger partial charge in [-0.05, 0) is 30.5 Å². The van der Waals surface area contributed by atoms with Gasteiger partial charge in [0.2, 0.25) is 11.8 Å². The molecule has 0 bridgehead atoms. The third-order valence-electron chi connectivity index (χ3n) is 2.72. The number of hydrogen-bond donors (Lipinski definition) is 1. The molecule has 1 aliphatic heterocycles. The van der Waals surface area contributed by atoms with Crippen LogP contribution in [0.5, 0.6) is 0 Å². The van der Waals surface area contributed by atoms with Gasteiger partial charge in [0.05, 0.1) is 0 Å². The van der Waals surface area contributed by atoms with Crippen LogP contribution >= 0.6 is 0 Å². The average Bonchev–Trinajstić information content (AvgIpc) is 2.22. The Labute approximate surface area is 92.7 Å². The zero-order chi connectivity index (χ0) is 11.5. The fraction of sp³-hybridized carbons (Fsp3) is 0.333. The van der Waals surface area contributed by atoms with Crippen LogP contribution in [0.2, 0.25) is 0 Å². The van der Waals surface area contributed by atoms with Crippen LogP contribution in [0.15, 0.2) is 24.3 Å². The molecule has 0 radical (unpaired) electrons. The Balaban J connectivity index is 2.05. The van der Waals surface area contributed by atoms with Gasteiger partial charge in [-0.2, -0.15) is 0 Å². The van der Waals surface area contributed by atoms with E-state index in [4.69, 9.17) is 0 Å². The zero-order valence-corrected chi connectivity index (χ0v) is 8.70. The molecule has 1 saturated heterocycles. The minimum absolute atomic E-state index is 0.222. The van der Waals surface area contributed by atoms with Crippen LogP contribution in [0.25, 0.3) is 0 Å². The minimum Gasteiger partial charge on any atom is -0.296 e. The summed E-state index contributed by atoms with van der Waals surface area (Å²) in [6.07, 6.45) is 1.39. The number of carbonyl (C=O) groups is 2. The molecule has 0 saturated carbocycles. The lowest BCUT2D eigenvalue weighted by molar-refractivity contribution is -0.136. The molecule has 84 valence electrons. The van der Waals surface area contributed by atoms with Crippen LogP contribution < -0.4 is 5.32 Å². The molecule has 2 amide bonds. The molecule has 1 aliphatic rings. The van der Waals surface area contributed by atoms with Crippen molar-refractivity contribution in [2.75, 3.05) is 0 Å². The van der Waals surface area contributed by atoms with Gasteiger partial charge in [-0.25, -0.2) is 4.39 Å². The molecule has 1 aromatic rings. The average molecular weight is 221 g/mol. The number of rotatable bonds is 2. The van der Waals surface area contributed by atoms with Crippen molar-refractivity contribution in [2.45, 2.75) is 19.3 Å². The zero-order valence-electron chi connectivity index (χ0n) is 8.70. The fourth-order valence-electron chi connectivity index (χ4n) is 1.88. The van der Waals surface area contributed by atoms with E-state index in [0.29, 0.717) is 19.3 Å². The fourth-order valence-corrected chi connectivity index (χ4v) is 1.88. The first-order valence-electron chi connectivity index (χ1n) is 5.23. The van der Waals surface area contributed by atoms with Crippen molar-refractivity contribution < 1.29 is 14.0 Å². The Kier molecular flexibility index (Phi) is 2.99. The van der Waals surface area contributed by atoms with Gasteiger partial charge in [0, 0.05) is 12.3 Å². The number of carbonyl (C=O) groups excluding carboxylic acids is 2. The highest BCUT2D eigenvalue weighted by Crippen LogP contribution is 2.18. The second-order valence-electron chi connectivity index (χ2n) is 3.98. The van der Waals surface area contributed by atoms with Crippen LogP contribution in [0.4, 0.5) is 4.39 Å². The summed E-state index contributed by atoms with van der Waals surface area (Å²) in [5, 5.41) is 2.29. The highest BCUT2D eigenvalue weighted by molar-refractivity contribution is 5.98. The van der Waals surface area contributed by atoms with E-state index < -0.39 is 0 Å². The number of hydrogen-bond acceptors (Lipinski definition) is 2. The van der Waals surface area contributed by atoms with Crippen molar-refractivity contribution in [3.63, 3.8) is 0 Å². The molecule has 4 heteroatoms. The lowest BCUT2D eigenvalue weighted by Gasteiger charge is -2.20. The summed E-state index contributed by atoms with van der Waals surface area (Å²) in [5.74, 6) is -0.995. The van der Waals surface area contributed by atoms with E-state index in [2.05, 4.69) is 5.32 Å². The summed E-state index contributed by atoms with van der Waals surface area (Å²) in [6.45, 7) is 0. The van der Waals surface area contributed by atoms with Gasteiger partial charge in [0.1, 0.15) is 5.82 Å². The van der Waals surface area contributed by atoms with E-state index in [1.54, 1.807) is 12.1 Å². The van der Waals surface area contributed by atoms with Crippen LogP contribution in [0.3, 0.4) is 0 Å².